The molecule has 0 unspecified atom stereocenters. The number of aromatic hydroxyl groups is 2. The van der Waals surface area contributed by atoms with Gasteiger partial charge in [-0.3, -0.25) is 4.79 Å². The van der Waals surface area contributed by atoms with E-state index < -0.39 is 0 Å². The van der Waals surface area contributed by atoms with Crippen LogP contribution in [-0.4, -0.2) is 22.1 Å². The summed E-state index contributed by atoms with van der Waals surface area (Å²) < 4.78 is 5.86. The zero-order valence-corrected chi connectivity index (χ0v) is 14.5. The van der Waals surface area contributed by atoms with Gasteiger partial charge in [0.1, 0.15) is 17.2 Å². The number of benzene rings is 2. The zero-order valence-electron chi connectivity index (χ0n) is 14.5. The Morgan fingerprint density at radius 3 is 2.52 bits per heavy atom. The van der Waals surface area contributed by atoms with E-state index in [2.05, 4.69) is 0 Å². The standard InChI is InChI=1S/C21H24O4/c1-2-5-14-12-15(8-11-19(14)22)21(24)18-10-9-17(13-20(18)23)25-16-6-3-4-7-16/h8-13,16,22-23H,2-7H2,1H3. The third kappa shape index (κ3) is 3.95. The van der Waals surface area contributed by atoms with Crippen LogP contribution in [0.5, 0.6) is 17.2 Å². The number of hydrogen-bond acceptors (Lipinski definition) is 4. The number of ether oxygens (including phenoxy) is 1. The van der Waals surface area contributed by atoms with Gasteiger partial charge in [-0.25, -0.2) is 0 Å². The summed E-state index contributed by atoms with van der Waals surface area (Å²) in [6.07, 6.45) is 6.21. The Morgan fingerprint density at radius 2 is 1.84 bits per heavy atom. The molecule has 0 radical (unpaired) electrons. The van der Waals surface area contributed by atoms with Crippen LogP contribution < -0.4 is 4.74 Å². The average molecular weight is 340 g/mol. The molecule has 0 bridgehead atoms. The second-order valence-corrected chi connectivity index (χ2v) is 6.63. The summed E-state index contributed by atoms with van der Waals surface area (Å²) in [5.41, 5.74) is 1.45. The molecule has 1 fully saturated rings. The van der Waals surface area contributed by atoms with Crippen LogP contribution in [0.2, 0.25) is 0 Å². The number of phenols is 2. The number of aryl methyl sites for hydroxylation is 1. The summed E-state index contributed by atoms with van der Waals surface area (Å²) >= 11 is 0. The maximum atomic E-state index is 12.7. The molecule has 3 rings (SSSR count). The van der Waals surface area contributed by atoms with Gasteiger partial charge in [-0.2, -0.15) is 0 Å². The number of ketones is 1. The van der Waals surface area contributed by atoms with Gasteiger partial charge in [0.25, 0.3) is 0 Å². The molecular formula is C21H24O4. The summed E-state index contributed by atoms with van der Waals surface area (Å²) in [7, 11) is 0. The molecule has 4 heteroatoms. The smallest absolute Gasteiger partial charge is 0.196 e. The summed E-state index contributed by atoms with van der Waals surface area (Å²) in [4.78, 5) is 12.7. The fraction of sp³-hybridized carbons (Fsp3) is 0.381. The lowest BCUT2D eigenvalue weighted by Crippen LogP contribution is -2.11. The Hall–Kier alpha value is -2.49. The highest BCUT2D eigenvalue weighted by Crippen LogP contribution is 2.30. The molecule has 1 aliphatic carbocycles. The minimum absolute atomic E-state index is 0.0781. The van der Waals surface area contributed by atoms with Crippen molar-refractivity contribution in [2.45, 2.75) is 51.6 Å². The van der Waals surface area contributed by atoms with Gasteiger partial charge in [-0.15, -0.1) is 0 Å². The van der Waals surface area contributed by atoms with E-state index in [-0.39, 0.29) is 28.9 Å². The van der Waals surface area contributed by atoms with Gasteiger partial charge in [0, 0.05) is 11.6 Å². The average Bonchev–Trinajstić information content (AvgIpc) is 3.10. The summed E-state index contributed by atoms with van der Waals surface area (Å²) in [6.45, 7) is 2.02. The normalized spacial score (nSPS) is 14.6. The summed E-state index contributed by atoms with van der Waals surface area (Å²) in [5.74, 6) is 0.453. The van der Waals surface area contributed by atoms with Gasteiger partial charge < -0.3 is 14.9 Å². The molecule has 0 heterocycles. The first kappa shape index (κ1) is 17.3. The Labute approximate surface area is 148 Å². The molecule has 0 saturated heterocycles. The predicted octanol–water partition coefficient (Wildman–Crippen LogP) is 4.60. The Bertz CT molecular complexity index is 760. The van der Waals surface area contributed by atoms with Gasteiger partial charge in [0.2, 0.25) is 0 Å². The van der Waals surface area contributed by atoms with Gasteiger partial charge in [-0.1, -0.05) is 13.3 Å². The van der Waals surface area contributed by atoms with Gasteiger partial charge >= 0.3 is 0 Å². The van der Waals surface area contributed by atoms with E-state index in [1.807, 2.05) is 6.92 Å². The Balaban J connectivity index is 1.81. The first-order valence-electron chi connectivity index (χ1n) is 8.94. The third-order valence-corrected chi connectivity index (χ3v) is 4.68. The number of carbonyl (C=O) groups is 1. The van der Waals surface area contributed by atoms with E-state index in [0.717, 1.165) is 24.8 Å². The monoisotopic (exact) mass is 340 g/mol. The first-order valence-corrected chi connectivity index (χ1v) is 8.94. The van der Waals surface area contributed by atoms with Crippen molar-refractivity contribution in [3.63, 3.8) is 0 Å². The van der Waals surface area contributed by atoms with Crippen molar-refractivity contribution < 1.29 is 19.7 Å². The maximum Gasteiger partial charge on any atom is 0.196 e. The number of carbonyl (C=O) groups excluding carboxylic acids is 1. The fourth-order valence-electron chi connectivity index (χ4n) is 3.33. The minimum Gasteiger partial charge on any atom is -0.508 e. The van der Waals surface area contributed by atoms with Crippen molar-refractivity contribution in [2.24, 2.45) is 0 Å². The molecule has 132 valence electrons. The van der Waals surface area contributed by atoms with Crippen molar-refractivity contribution in [2.75, 3.05) is 0 Å². The van der Waals surface area contributed by atoms with Crippen molar-refractivity contribution in [1.82, 2.24) is 0 Å². The second-order valence-electron chi connectivity index (χ2n) is 6.63. The van der Waals surface area contributed by atoms with Gasteiger partial charge in [0.05, 0.1) is 11.7 Å². The first-order chi connectivity index (χ1) is 12.1. The summed E-state index contributed by atoms with van der Waals surface area (Å²) in [6, 6.07) is 9.67. The molecule has 2 N–H and O–H groups in total. The van der Waals surface area contributed by atoms with Crippen LogP contribution in [0.3, 0.4) is 0 Å². The predicted molar refractivity (Wildman–Crippen MR) is 96.5 cm³/mol. The van der Waals surface area contributed by atoms with Crippen LogP contribution in [0.25, 0.3) is 0 Å². The van der Waals surface area contributed by atoms with E-state index in [4.69, 9.17) is 4.74 Å². The molecule has 0 amide bonds. The van der Waals surface area contributed by atoms with Crippen LogP contribution in [0.4, 0.5) is 0 Å². The number of rotatable bonds is 6. The zero-order chi connectivity index (χ0) is 17.8. The molecule has 4 nitrogen and oxygen atoms in total. The third-order valence-electron chi connectivity index (χ3n) is 4.68. The molecule has 0 aromatic heterocycles. The fourth-order valence-corrected chi connectivity index (χ4v) is 3.33. The van der Waals surface area contributed by atoms with Gasteiger partial charge in [0.15, 0.2) is 5.78 Å². The van der Waals surface area contributed by atoms with Crippen LogP contribution >= 0.6 is 0 Å². The van der Waals surface area contributed by atoms with Crippen molar-refractivity contribution >= 4 is 5.78 Å². The highest BCUT2D eigenvalue weighted by molar-refractivity contribution is 6.10. The minimum atomic E-state index is -0.262. The topological polar surface area (TPSA) is 66.8 Å². The Morgan fingerprint density at radius 1 is 1.08 bits per heavy atom. The van der Waals surface area contributed by atoms with Crippen molar-refractivity contribution in [3.05, 3.63) is 53.1 Å². The lowest BCUT2D eigenvalue weighted by Gasteiger charge is -2.14. The lowest BCUT2D eigenvalue weighted by molar-refractivity contribution is 0.103. The van der Waals surface area contributed by atoms with Crippen LogP contribution in [0.15, 0.2) is 36.4 Å². The van der Waals surface area contributed by atoms with Crippen LogP contribution in [-0.2, 0) is 6.42 Å². The molecule has 25 heavy (non-hydrogen) atoms. The van der Waals surface area contributed by atoms with E-state index in [1.165, 1.54) is 25.0 Å². The van der Waals surface area contributed by atoms with E-state index in [0.29, 0.717) is 17.7 Å². The summed E-state index contributed by atoms with van der Waals surface area (Å²) in [5, 5.41) is 20.1. The van der Waals surface area contributed by atoms with Crippen LogP contribution in [0, 0.1) is 0 Å². The molecule has 0 atom stereocenters. The Kier molecular flexibility index (Phi) is 5.27. The van der Waals surface area contributed by atoms with Gasteiger partial charge in [-0.05, 0) is 68.0 Å². The van der Waals surface area contributed by atoms with E-state index in [1.54, 1.807) is 24.3 Å². The quantitative estimate of drug-likeness (QED) is 0.754. The molecular weight excluding hydrogens is 316 g/mol. The largest absolute Gasteiger partial charge is 0.508 e. The highest BCUT2D eigenvalue weighted by Gasteiger charge is 2.19. The van der Waals surface area contributed by atoms with E-state index in [9.17, 15) is 15.0 Å². The van der Waals surface area contributed by atoms with Crippen molar-refractivity contribution in [3.8, 4) is 17.2 Å². The molecule has 2 aromatic rings. The molecule has 2 aromatic carbocycles. The maximum absolute atomic E-state index is 12.7. The number of hydrogen-bond donors (Lipinski definition) is 2. The molecule has 0 spiro atoms. The van der Waals surface area contributed by atoms with Crippen molar-refractivity contribution in [1.29, 1.82) is 0 Å². The highest BCUT2D eigenvalue weighted by atomic mass is 16.5. The lowest BCUT2D eigenvalue weighted by atomic mass is 9.98. The number of phenolic OH excluding ortho intramolecular Hbond substituents is 2. The molecule has 1 aliphatic rings. The molecule has 0 aliphatic heterocycles. The molecule has 1 saturated carbocycles. The SMILES string of the molecule is CCCc1cc(C(=O)c2ccc(OC3CCCC3)cc2O)ccc1O. The van der Waals surface area contributed by atoms with E-state index >= 15 is 0 Å². The van der Waals surface area contributed by atoms with Crippen LogP contribution in [0.1, 0.15) is 60.5 Å². The second kappa shape index (κ2) is 7.60.